The van der Waals surface area contributed by atoms with Crippen LogP contribution in [-0.2, 0) is 0 Å². The van der Waals surface area contributed by atoms with Gasteiger partial charge >= 0.3 is 0 Å². The number of carbonyl (C=O) groups excluding carboxylic acids is 1. The van der Waals surface area contributed by atoms with Gasteiger partial charge in [-0.25, -0.2) is 0 Å². The summed E-state index contributed by atoms with van der Waals surface area (Å²) in [4.78, 5) is 12.7. The first-order chi connectivity index (χ1) is 13.6. The molecular weight excluding hydrogens is 398 g/mol. The van der Waals surface area contributed by atoms with Crippen molar-refractivity contribution in [3.05, 3.63) is 53.1 Å². The average molecular weight is 418 g/mol. The predicted molar refractivity (Wildman–Crippen MR) is 112 cm³/mol. The molecule has 1 amide bonds. The molecule has 28 heavy (non-hydrogen) atoms. The number of nitrogens with one attached hydrogen (secondary N) is 1. The first-order valence-corrected chi connectivity index (χ1v) is 10.1. The van der Waals surface area contributed by atoms with Gasteiger partial charge < -0.3 is 9.47 Å². The van der Waals surface area contributed by atoms with Crippen molar-refractivity contribution >= 4 is 34.0 Å². The van der Waals surface area contributed by atoms with Crippen molar-refractivity contribution in [3.8, 4) is 22.1 Å². The molecule has 0 saturated heterocycles. The molecule has 1 heterocycles. The highest BCUT2D eigenvalue weighted by Gasteiger charge is 2.18. The Hall–Kier alpha value is -2.64. The lowest BCUT2D eigenvalue weighted by Crippen LogP contribution is -2.12. The largest absolute Gasteiger partial charge is 0.490 e. The van der Waals surface area contributed by atoms with Crippen molar-refractivity contribution in [2.24, 2.45) is 0 Å². The molecule has 2 aromatic carbocycles. The van der Waals surface area contributed by atoms with Crippen LogP contribution in [0.3, 0.4) is 0 Å². The predicted octanol–water partition coefficient (Wildman–Crippen LogP) is 5.30. The second kappa shape index (κ2) is 9.52. The highest BCUT2D eigenvalue weighted by Crippen LogP contribution is 2.37. The molecule has 0 aliphatic rings. The molecule has 0 fully saturated rings. The van der Waals surface area contributed by atoms with Crippen LogP contribution < -0.4 is 14.8 Å². The third-order valence-electron chi connectivity index (χ3n) is 3.69. The van der Waals surface area contributed by atoms with Gasteiger partial charge in [-0.3, -0.25) is 10.1 Å². The summed E-state index contributed by atoms with van der Waals surface area (Å²) >= 11 is 7.63. The van der Waals surface area contributed by atoms with Gasteiger partial charge in [0.05, 0.1) is 18.2 Å². The van der Waals surface area contributed by atoms with E-state index >= 15 is 0 Å². The molecule has 8 heteroatoms. The van der Waals surface area contributed by atoms with Crippen LogP contribution in [0.4, 0.5) is 5.13 Å². The number of hydrogen-bond acceptors (Lipinski definition) is 6. The van der Waals surface area contributed by atoms with Crippen molar-refractivity contribution in [3.63, 3.8) is 0 Å². The van der Waals surface area contributed by atoms with E-state index in [-0.39, 0.29) is 5.91 Å². The number of rotatable bonds is 8. The van der Waals surface area contributed by atoms with Gasteiger partial charge in [-0.15, -0.1) is 10.2 Å². The van der Waals surface area contributed by atoms with E-state index in [1.165, 1.54) is 11.3 Å². The molecule has 0 aliphatic carbocycles. The molecular formula is C20H20ClN3O3S. The SMILES string of the molecule is CCCOc1c(Cl)cc(C(=O)Nc2nnc(-c3ccccc3)s2)cc1OCC. The number of aromatic nitrogens is 2. The van der Waals surface area contributed by atoms with Crippen molar-refractivity contribution in [1.82, 2.24) is 10.2 Å². The van der Waals surface area contributed by atoms with Gasteiger partial charge in [-0.2, -0.15) is 0 Å². The van der Waals surface area contributed by atoms with Gasteiger partial charge in [0.2, 0.25) is 5.13 Å². The molecule has 1 aromatic heterocycles. The van der Waals surface area contributed by atoms with E-state index in [2.05, 4.69) is 15.5 Å². The van der Waals surface area contributed by atoms with E-state index in [0.717, 1.165) is 17.0 Å². The van der Waals surface area contributed by atoms with Gasteiger partial charge in [0.15, 0.2) is 11.5 Å². The zero-order valence-electron chi connectivity index (χ0n) is 15.6. The standard InChI is InChI=1S/C20H20ClN3O3S/c1-3-10-27-17-15(21)11-14(12-16(17)26-4-2)18(25)22-20-24-23-19(28-20)13-8-6-5-7-9-13/h5-9,11-12H,3-4,10H2,1-2H3,(H,22,24,25). The maximum Gasteiger partial charge on any atom is 0.257 e. The molecule has 146 valence electrons. The lowest BCUT2D eigenvalue weighted by Gasteiger charge is -2.14. The molecule has 6 nitrogen and oxygen atoms in total. The minimum atomic E-state index is -0.347. The summed E-state index contributed by atoms with van der Waals surface area (Å²) in [6.07, 6.45) is 0.838. The Morgan fingerprint density at radius 1 is 1.14 bits per heavy atom. The molecule has 0 radical (unpaired) electrons. The minimum Gasteiger partial charge on any atom is -0.490 e. The topological polar surface area (TPSA) is 73.3 Å². The monoisotopic (exact) mass is 417 g/mol. The smallest absolute Gasteiger partial charge is 0.257 e. The molecule has 3 aromatic rings. The quantitative estimate of drug-likeness (QED) is 0.538. The Bertz CT molecular complexity index is 947. The Balaban J connectivity index is 1.80. The number of nitrogens with zero attached hydrogens (tertiary/aromatic N) is 2. The van der Waals surface area contributed by atoms with Crippen LogP contribution >= 0.6 is 22.9 Å². The maximum absolute atomic E-state index is 12.7. The number of anilines is 1. The van der Waals surface area contributed by atoms with Crippen LogP contribution in [0.5, 0.6) is 11.5 Å². The number of benzene rings is 2. The van der Waals surface area contributed by atoms with Gasteiger partial charge in [0.25, 0.3) is 5.91 Å². The van der Waals surface area contributed by atoms with Gasteiger partial charge in [0, 0.05) is 11.1 Å². The van der Waals surface area contributed by atoms with Gasteiger partial charge in [-0.05, 0) is 25.5 Å². The summed E-state index contributed by atoms with van der Waals surface area (Å²) in [5, 5.41) is 12.4. The second-order valence-electron chi connectivity index (χ2n) is 5.80. The van der Waals surface area contributed by atoms with Crippen LogP contribution in [-0.4, -0.2) is 29.3 Å². The van der Waals surface area contributed by atoms with Crippen molar-refractivity contribution in [1.29, 1.82) is 0 Å². The van der Waals surface area contributed by atoms with Gasteiger partial charge in [0.1, 0.15) is 5.01 Å². The molecule has 0 unspecified atom stereocenters. The average Bonchev–Trinajstić information content (AvgIpc) is 3.16. The summed E-state index contributed by atoms with van der Waals surface area (Å²) < 4.78 is 11.3. The van der Waals surface area contributed by atoms with E-state index in [1.807, 2.05) is 44.2 Å². The maximum atomic E-state index is 12.7. The van der Waals surface area contributed by atoms with Crippen molar-refractivity contribution in [2.75, 3.05) is 18.5 Å². The molecule has 0 aliphatic heterocycles. The zero-order chi connectivity index (χ0) is 19.9. The molecule has 3 rings (SSSR count). The normalized spacial score (nSPS) is 10.5. The van der Waals surface area contributed by atoms with E-state index < -0.39 is 0 Å². The van der Waals surface area contributed by atoms with Crippen LogP contribution in [0.25, 0.3) is 10.6 Å². The Kier molecular flexibility index (Phi) is 6.84. The highest BCUT2D eigenvalue weighted by molar-refractivity contribution is 7.18. The molecule has 1 N–H and O–H groups in total. The third kappa shape index (κ3) is 4.79. The minimum absolute atomic E-state index is 0.326. The van der Waals surface area contributed by atoms with E-state index in [1.54, 1.807) is 12.1 Å². The summed E-state index contributed by atoms with van der Waals surface area (Å²) in [5.74, 6) is 0.542. The fraction of sp³-hybridized carbons (Fsp3) is 0.250. The fourth-order valence-electron chi connectivity index (χ4n) is 2.45. The lowest BCUT2D eigenvalue weighted by atomic mass is 10.2. The number of halogens is 1. The van der Waals surface area contributed by atoms with Gasteiger partial charge in [-0.1, -0.05) is 60.2 Å². The summed E-state index contributed by atoms with van der Waals surface area (Å²) in [6, 6.07) is 12.8. The fourth-order valence-corrected chi connectivity index (χ4v) is 3.46. The Morgan fingerprint density at radius 3 is 2.64 bits per heavy atom. The summed E-state index contributed by atoms with van der Waals surface area (Å²) in [7, 11) is 0. The number of hydrogen-bond donors (Lipinski definition) is 1. The van der Waals surface area contributed by atoms with Crippen LogP contribution in [0, 0.1) is 0 Å². The van der Waals surface area contributed by atoms with E-state index in [4.69, 9.17) is 21.1 Å². The van der Waals surface area contributed by atoms with E-state index in [0.29, 0.717) is 40.4 Å². The number of ether oxygens (including phenoxy) is 2. The first kappa shape index (κ1) is 20.1. The first-order valence-electron chi connectivity index (χ1n) is 8.91. The van der Waals surface area contributed by atoms with E-state index in [9.17, 15) is 4.79 Å². The summed E-state index contributed by atoms with van der Waals surface area (Å²) in [6.45, 7) is 4.80. The Morgan fingerprint density at radius 2 is 1.93 bits per heavy atom. The van der Waals surface area contributed by atoms with Crippen molar-refractivity contribution in [2.45, 2.75) is 20.3 Å². The second-order valence-corrected chi connectivity index (χ2v) is 7.18. The summed E-state index contributed by atoms with van der Waals surface area (Å²) in [5.41, 5.74) is 1.30. The third-order valence-corrected chi connectivity index (χ3v) is 4.86. The molecule has 0 spiro atoms. The molecule has 0 bridgehead atoms. The van der Waals surface area contributed by atoms with Crippen molar-refractivity contribution < 1.29 is 14.3 Å². The lowest BCUT2D eigenvalue weighted by molar-refractivity contribution is 0.102. The van der Waals surface area contributed by atoms with Crippen LogP contribution in [0.2, 0.25) is 5.02 Å². The van der Waals surface area contributed by atoms with Crippen LogP contribution in [0.15, 0.2) is 42.5 Å². The molecule has 0 saturated carbocycles. The zero-order valence-corrected chi connectivity index (χ0v) is 17.1. The molecule has 0 atom stereocenters. The number of amides is 1. The Labute approximate surface area is 172 Å². The highest BCUT2D eigenvalue weighted by atomic mass is 35.5. The van der Waals surface area contributed by atoms with Crippen LogP contribution in [0.1, 0.15) is 30.6 Å². The number of carbonyl (C=O) groups is 1.